The normalized spacial score (nSPS) is 11.6. The molecular formula is C14H14N2O2S. The van der Waals surface area contributed by atoms with Gasteiger partial charge in [-0.05, 0) is 24.6 Å². The molecule has 0 aliphatic rings. The topological polar surface area (TPSA) is 58.5 Å². The van der Waals surface area contributed by atoms with Crippen molar-refractivity contribution < 1.29 is 8.42 Å². The first kappa shape index (κ1) is 13.3. The molecule has 0 bridgehead atoms. The van der Waals surface area contributed by atoms with Crippen LogP contribution in [0, 0.1) is 6.92 Å². The average molecular weight is 274 g/mol. The number of sulfonamides is 1. The Labute approximate surface area is 112 Å². The third-order valence-electron chi connectivity index (χ3n) is 2.52. The van der Waals surface area contributed by atoms with Crippen molar-refractivity contribution in [2.75, 3.05) is 0 Å². The smallest absolute Gasteiger partial charge is 0.200 e. The number of benzene rings is 2. The van der Waals surface area contributed by atoms with E-state index in [9.17, 15) is 8.42 Å². The molecule has 5 heteroatoms. The van der Waals surface area contributed by atoms with Gasteiger partial charge in [0.05, 0.1) is 11.1 Å². The summed E-state index contributed by atoms with van der Waals surface area (Å²) in [4.78, 5) is 2.38. The van der Waals surface area contributed by atoms with E-state index in [1.165, 1.54) is 6.21 Å². The van der Waals surface area contributed by atoms with Crippen LogP contribution in [0.1, 0.15) is 11.1 Å². The Balaban J connectivity index is 2.10. The van der Waals surface area contributed by atoms with Crippen LogP contribution in [0.5, 0.6) is 0 Å². The van der Waals surface area contributed by atoms with Crippen molar-refractivity contribution in [2.45, 2.75) is 11.8 Å². The predicted molar refractivity (Wildman–Crippen MR) is 75.5 cm³/mol. The Bertz CT molecular complexity index is 662. The molecule has 0 aliphatic carbocycles. The Morgan fingerprint density at radius 1 is 1.00 bits per heavy atom. The second-order valence-electron chi connectivity index (χ2n) is 4.08. The van der Waals surface area contributed by atoms with E-state index in [1.54, 1.807) is 24.3 Å². The summed E-state index contributed by atoms with van der Waals surface area (Å²) >= 11 is 0. The lowest BCUT2D eigenvalue weighted by atomic mass is 10.2. The molecule has 0 saturated heterocycles. The lowest BCUT2D eigenvalue weighted by Gasteiger charge is -2.03. The van der Waals surface area contributed by atoms with Crippen molar-refractivity contribution in [1.29, 1.82) is 0 Å². The first-order chi connectivity index (χ1) is 9.08. The molecule has 0 heterocycles. The van der Waals surface area contributed by atoms with Crippen LogP contribution < -0.4 is 4.83 Å². The molecule has 0 atom stereocenters. The van der Waals surface area contributed by atoms with E-state index in [0.717, 1.165) is 11.1 Å². The predicted octanol–water partition coefficient (Wildman–Crippen LogP) is 2.31. The van der Waals surface area contributed by atoms with Gasteiger partial charge in [0.25, 0.3) is 10.0 Å². The van der Waals surface area contributed by atoms with Crippen LogP contribution in [0.25, 0.3) is 0 Å². The Morgan fingerprint density at radius 3 is 2.26 bits per heavy atom. The molecule has 98 valence electrons. The summed E-state index contributed by atoms with van der Waals surface area (Å²) in [6.45, 7) is 1.90. The summed E-state index contributed by atoms with van der Waals surface area (Å²) in [5.41, 5.74) is 1.83. The molecule has 0 aliphatic heterocycles. The highest BCUT2D eigenvalue weighted by atomic mass is 32.2. The minimum atomic E-state index is -3.60. The highest BCUT2D eigenvalue weighted by Crippen LogP contribution is 2.09. The Kier molecular flexibility index (Phi) is 3.97. The zero-order chi connectivity index (χ0) is 13.7. The second-order valence-corrected chi connectivity index (χ2v) is 5.74. The Morgan fingerprint density at radius 2 is 1.63 bits per heavy atom. The number of nitrogens with zero attached hydrogens (tertiary/aromatic N) is 1. The lowest BCUT2D eigenvalue weighted by Crippen LogP contribution is -2.18. The molecule has 2 aromatic rings. The van der Waals surface area contributed by atoms with Gasteiger partial charge in [0.2, 0.25) is 0 Å². The fourth-order valence-corrected chi connectivity index (χ4v) is 2.27. The molecule has 19 heavy (non-hydrogen) atoms. The van der Waals surface area contributed by atoms with E-state index >= 15 is 0 Å². The lowest BCUT2D eigenvalue weighted by molar-refractivity contribution is 0.584. The largest absolute Gasteiger partial charge is 0.276 e. The summed E-state index contributed by atoms with van der Waals surface area (Å²) < 4.78 is 23.8. The van der Waals surface area contributed by atoms with Crippen LogP contribution in [0.4, 0.5) is 0 Å². The van der Waals surface area contributed by atoms with Crippen molar-refractivity contribution in [1.82, 2.24) is 4.83 Å². The maximum Gasteiger partial charge on any atom is 0.276 e. The summed E-state index contributed by atoms with van der Waals surface area (Å²) in [6, 6.07) is 15.9. The first-order valence-electron chi connectivity index (χ1n) is 5.74. The molecule has 1 N–H and O–H groups in total. The molecule has 2 aromatic carbocycles. The number of hydrogen-bond acceptors (Lipinski definition) is 3. The molecule has 0 fully saturated rings. The minimum Gasteiger partial charge on any atom is -0.200 e. The van der Waals surface area contributed by atoms with Crippen molar-refractivity contribution in [2.24, 2.45) is 5.10 Å². The van der Waals surface area contributed by atoms with Gasteiger partial charge in [-0.1, -0.05) is 48.0 Å². The van der Waals surface area contributed by atoms with Crippen LogP contribution in [-0.2, 0) is 10.0 Å². The maximum atomic E-state index is 11.9. The molecular weight excluding hydrogens is 260 g/mol. The third-order valence-corrected chi connectivity index (χ3v) is 3.76. The number of hydrogen-bond donors (Lipinski definition) is 1. The summed E-state index contributed by atoms with van der Waals surface area (Å²) in [6.07, 6.45) is 1.46. The second kappa shape index (κ2) is 5.67. The van der Waals surface area contributed by atoms with Gasteiger partial charge in [-0.2, -0.15) is 13.5 Å². The van der Waals surface area contributed by atoms with E-state index in [2.05, 4.69) is 9.93 Å². The van der Waals surface area contributed by atoms with Crippen molar-refractivity contribution >= 4 is 16.2 Å². The number of nitrogens with one attached hydrogen (secondary N) is 1. The molecule has 0 spiro atoms. The molecule has 0 saturated carbocycles. The molecule has 4 nitrogen and oxygen atoms in total. The third kappa shape index (κ3) is 3.66. The highest BCUT2D eigenvalue weighted by molar-refractivity contribution is 7.89. The van der Waals surface area contributed by atoms with Gasteiger partial charge in [-0.15, -0.1) is 0 Å². The van der Waals surface area contributed by atoms with Crippen molar-refractivity contribution in [3.05, 3.63) is 65.7 Å². The number of rotatable bonds is 4. The fraction of sp³-hybridized carbons (Fsp3) is 0.0714. The monoisotopic (exact) mass is 274 g/mol. The molecule has 0 amide bonds. The summed E-state index contributed by atoms with van der Waals surface area (Å²) in [7, 11) is -3.60. The van der Waals surface area contributed by atoms with Crippen LogP contribution in [0.2, 0.25) is 0 Å². The van der Waals surface area contributed by atoms with E-state index in [4.69, 9.17) is 0 Å². The fourth-order valence-electron chi connectivity index (χ4n) is 1.48. The standard InChI is InChI=1S/C14H14N2O2S/c1-12-7-9-14(10-8-12)19(17,18)16-15-11-13-5-3-2-4-6-13/h2-11,16H,1H3/b15-11+. The molecule has 2 rings (SSSR count). The van der Waals surface area contributed by atoms with Gasteiger partial charge in [0.1, 0.15) is 0 Å². The van der Waals surface area contributed by atoms with Gasteiger partial charge in [-0.25, -0.2) is 4.83 Å². The van der Waals surface area contributed by atoms with Crippen molar-refractivity contribution in [3.8, 4) is 0 Å². The van der Waals surface area contributed by atoms with Crippen LogP contribution in [0.15, 0.2) is 64.6 Å². The zero-order valence-corrected chi connectivity index (χ0v) is 11.3. The first-order valence-corrected chi connectivity index (χ1v) is 7.23. The number of hydrazone groups is 1. The van der Waals surface area contributed by atoms with Gasteiger partial charge in [-0.3, -0.25) is 0 Å². The number of aryl methyl sites for hydroxylation is 1. The van der Waals surface area contributed by atoms with Crippen molar-refractivity contribution in [3.63, 3.8) is 0 Å². The quantitative estimate of drug-likeness (QED) is 0.687. The minimum absolute atomic E-state index is 0.198. The zero-order valence-electron chi connectivity index (χ0n) is 10.4. The molecule has 0 aromatic heterocycles. The van der Waals surface area contributed by atoms with E-state index in [-0.39, 0.29) is 4.90 Å². The average Bonchev–Trinajstić information content (AvgIpc) is 2.40. The van der Waals surface area contributed by atoms with E-state index < -0.39 is 10.0 Å². The van der Waals surface area contributed by atoms with Gasteiger partial charge < -0.3 is 0 Å². The van der Waals surface area contributed by atoms with Crippen LogP contribution in [-0.4, -0.2) is 14.6 Å². The molecule has 0 unspecified atom stereocenters. The van der Waals surface area contributed by atoms with Crippen LogP contribution in [0.3, 0.4) is 0 Å². The van der Waals surface area contributed by atoms with Gasteiger partial charge in [0.15, 0.2) is 0 Å². The summed E-state index contributed by atoms with van der Waals surface area (Å²) in [5, 5.41) is 3.75. The highest BCUT2D eigenvalue weighted by Gasteiger charge is 2.11. The van der Waals surface area contributed by atoms with Crippen LogP contribution >= 0.6 is 0 Å². The van der Waals surface area contributed by atoms with E-state index in [0.29, 0.717) is 0 Å². The summed E-state index contributed by atoms with van der Waals surface area (Å²) in [5.74, 6) is 0. The van der Waals surface area contributed by atoms with E-state index in [1.807, 2.05) is 37.3 Å². The van der Waals surface area contributed by atoms with Gasteiger partial charge in [0, 0.05) is 0 Å². The van der Waals surface area contributed by atoms with Gasteiger partial charge >= 0.3 is 0 Å². The SMILES string of the molecule is Cc1ccc(S(=O)(=O)N/N=C/c2ccccc2)cc1. The maximum absolute atomic E-state index is 11.9. The molecule has 0 radical (unpaired) electrons. The Hall–Kier alpha value is -2.14.